The molecule has 1 aliphatic rings. The Balaban J connectivity index is 2.03. The van der Waals surface area contributed by atoms with E-state index in [4.69, 9.17) is 9.57 Å². The first-order valence-electron chi connectivity index (χ1n) is 7.69. The summed E-state index contributed by atoms with van der Waals surface area (Å²) in [6, 6.07) is 6.33. The average Bonchev–Trinajstić information content (AvgIpc) is 2.52. The third kappa shape index (κ3) is 4.59. The highest BCUT2D eigenvalue weighted by Crippen LogP contribution is 2.30. The van der Waals surface area contributed by atoms with Crippen molar-refractivity contribution in [1.29, 1.82) is 0 Å². The lowest BCUT2D eigenvalue weighted by Crippen LogP contribution is -2.44. The van der Waals surface area contributed by atoms with Gasteiger partial charge in [-0.1, -0.05) is 13.0 Å². The number of hydrogen-bond donors (Lipinski definition) is 1. The zero-order valence-electron chi connectivity index (χ0n) is 13.4. The summed E-state index contributed by atoms with van der Waals surface area (Å²) < 4.78 is 5.52. The average molecular weight is 293 g/mol. The highest BCUT2D eigenvalue weighted by Gasteiger charge is 2.17. The Morgan fingerprint density at radius 1 is 1.19 bits per heavy atom. The molecule has 0 radical (unpaired) electrons. The largest absolute Gasteiger partial charge is 0.495 e. The first-order valence-corrected chi connectivity index (χ1v) is 7.69. The lowest BCUT2D eigenvalue weighted by Gasteiger charge is -2.35. The van der Waals surface area contributed by atoms with Crippen molar-refractivity contribution in [3.63, 3.8) is 0 Å². The number of nitrogens with zero attached hydrogens (tertiary/aromatic N) is 2. The van der Waals surface area contributed by atoms with Crippen LogP contribution in [-0.4, -0.2) is 51.8 Å². The number of hydroxylamine groups is 1. The Labute approximate surface area is 127 Å². The van der Waals surface area contributed by atoms with Gasteiger partial charge in [0.2, 0.25) is 0 Å². The molecule has 5 nitrogen and oxygen atoms in total. The van der Waals surface area contributed by atoms with E-state index in [0.717, 1.165) is 45.0 Å². The van der Waals surface area contributed by atoms with Gasteiger partial charge < -0.3 is 19.4 Å². The minimum absolute atomic E-state index is 0.713. The topological polar surface area (TPSA) is 37.0 Å². The van der Waals surface area contributed by atoms with Gasteiger partial charge in [-0.2, -0.15) is 5.48 Å². The number of piperazine rings is 1. The van der Waals surface area contributed by atoms with Crippen LogP contribution in [0.25, 0.3) is 0 Å². The number of rotatable bonds is 7. The summed E-state index contributed by atoms with van der Waals surface area (Å²) in [5.74, 6) is 0.942. The van der Waals surface area contributed by atoms with Gasteiger partial charge in [0, 0.05) is 32.7 Å². The second-order valence-electron chi connectivity index (χ2n) is 5.47. The fourth-order valence-electron chi connectivity index (χ4n) is 2.45. The van der Waals surface area contributed by atoms with Gasteiger partial charge in [0.05, 0.1) is 19.4 Å². The van der Waals surface area contributed by atoms with Gasteiger partial charge >= 0.3 is 0 Å². The van der Waals surface area contributed by atoms with Gasteiger partial charge in [-0.15, -0.1) is 0 Å². The minimum Gasteiger partial charge on any atom is -0.495 e. The third-order valence-electron chi connectivity index (χ3n) is 3.77. The van der Waals surface area contributed by atoms with Gasteiger partial charge in [-0.25, -0.2) is 0 Å². The van der Waals surface area contributed by atoms with Crippen LogP contribution >= 0.6 is 0 Å². The molecule has 1 saturated heterocycles. The molecular weight excluding hydrogens is 266 g/mol. The zero-order chi connectivity index (χ0) is 15.1. The predicted octanol–water partition coefficient (Wildman–Crippen LogP) is 1.88. The molecule has 1 aromatic carbocycles. The van der Waals surface area contributed by atoms with Crippen LogP contribution in [0.2, 0.25) is 0 Å². The van der Waals surface area contributed by atoms with Crippen molar-refractivity contribution in [2.45, 2.75) is 19.9 Å². The smallest absolute Gasteiger partial charge is 0.142 e. The molecule has 0 unspecified atom stereocenters. The van der Waals surface area contributed by atoms with E-state index >= 15 is 0 Å². The molecule has 1 N–H and O–H groups in total. The molecule has 0 amide bonds. The van der Waals surface area contributed by atoms with E-state index in [9.17, 15) is 0 Å². The Morgan fingerprint density at radius 3 is 2.62 bits per heavy atom. The summed E-state index contributed by atoms with van der Waals surface area (Å²) in [5.41, 5.74) is 5.40. The molecule has 0 atom stereocenters. The SMILES string of the molecule is CCCONCc1ccc(OC)c(N2CCN(C)CC2)c1. The highest BCUT2D eigenvalue weighted by atomic mass is 16.6. The standard InChI is InChI=1S/C16H27N3O2/c1-4-11-21-17-13-14-5-6-16(20-3)15(12-14)19-9-7-18(2)8-10-19/h5-6,12,17H,4,7-11,13H2,1-3H3. The van der Waals surface area contributed by atoms with Crippen LogP contribution in [0, 0.1) is 0 Å². The molecule has 1 aliphatic heterocycles. The Bertz CT molecular complexity index is 432. The molecule has 118 valence electrons. The number of hydrogen-bond acceptors (Lipinski definition) is 5. The molecule has 0 aromatic heterocycles. The maximum absolute atomic E-state index is 5.52. The Kier molecular flexibility index (Phi) is 6.29. The molecule has 1 heterocycles. The normalized spacial score (nSPS) is 16.2. The molecule has 1 aromatic rings. The third-order valence-corrected chi connectivity index (χ3v) is 3.77. The van der Waals surface area contributed by atoms with Crippen LogP contribution in [0.4, 0.5) is 5.69 Å². The van der Waals surface area contributed by atoms with E-state index < -0.39 is 0 Å². The maximum atomic E-state index is 5.52. The van der Waals surface area contributed by atoms with Gasteiger partial charge in [-0.05, 0) is 31.2 Å². The van der Waals surface area contributed by atoms with Gasteiger partial charge in [0.1, 0.15) is 5.75 Å². The summed E-state index contributed by atoms with van der Waals surface area (Å²) in [6.45, 7) is 7.80. The summed E-state index contributed by atoms with van der Waals surface area (Å²) >= 11 is 0. The van der Waals surface area contributed by atoms with E-state index in [1.54, 1.807) is 7.11 Å². The molecule has 0 bridgehead atoms. The van der Waals surface area contributed by atoms with Crippen LogP contribution in [0.3, 0.4) is 0 Å². The molecule has 21 heavy (non-hydrogen) atoms. The number of benzene rings is 1. The molecule has 0 spiro atoms. The van der Waals surface area contributed by atoms with Crippen molar-refractivity contribution in [2.24, 2.45) is 0 Å². The first-order chi connectivity index (χ1) is 10.2. The van der Waals surface area contributed by atoms with Crippen molar-refractivity contribution >= 4 is 5.69 Å². The highest BCUT2D eigenvalue weighted by molar-refractivity contribution is 5.60. The molecular formula is C16H27N3O2. The number of anilines is 1. The van der Waals surface area contributed by atoms with Crippen LogP contribution in [0.1, 0.15) is 18.9 Å². The molecule has 2 rings (SSSR count). The van der Waals surface area contributed by atoms with Gasteiger partial charge in [-0.3, -0.25) is 0 Å². The summed E-state index contributed by atoms with van der Waals surface area (Å²) in [4.78, 5) is 10.1. The second-order valence-corrected chi connectivity index (χ2v) is 5.47. The van der Waals surface area contributed by atoms with Crippen LogP contribution in [0.5, 0.6) is 5.75 Å². The minimum atomic E-state index is 0.713. The van der Waals surface area contributed by atoms with Crippen molar-refractivity contribution < 1.29 is 9.57 Å². The van der Waals surface area contributed by atoms with Crippen molar-refractivity contribution in [3.8, 4) is 5.75 Å². The monoisotopic (exact) mass is 293 g/mol. The van der Waals surface area contributed by atoms with Crippen molar-refractivity contribution in [1.82, 2.24) is 10.4 Å². The number of nitrogens with one attached hydrogen (secondary N) is 1. The van der Waals surface area contributed by atoms with Crippen LogP contribution in [0.15, 0.2) is 18.2 Å². The number of ether oxygens (including phenoxy) is 1. The Morgan fingerprint density at radius 2 is 1.95 bits per heavy atom. The fraction of sp³-hybridized carbons (Fsp3) is 0.625. The van der Waals surface area contributed by atoms with E-state index in [1.807, 2.05) is 6.07 Å². The van der Waals surface area contributed by atoms with E-state index in [0.29, 0.717) is 6.54 Å². The lowest BCUT2D eigenvalue weighted by molar-refractivity contribution is 0.0371. The van der Waals surface area contributed by atoms with E-state index in [1.165, 1.54) is 11.3 Å². The predicted molar refractivity (Wildman–Crippen MR) is 85.8 cm³/mol. The summed E-state index contributed by atoms with van der Waals surface area (Å²) in [5, 5.41) is 0. The number of methoxy groups -OCH3 is 1. The van der Waals surface area contributed by atoms with Gasteiger partial charge in [0.15, 0.2) is 0 Å². The molecule has 0 aliphatic carbocycles. The summed E-state index contributed by atoms with van der Waals surface area (Å²) in [7, 11) is 3.90. The molecule has 5 heteroatoms. The number of likely N-dealkylation sites (N-methyl/N-ethyl adjacent to an activating group) is 1. The van der Waals surface area contributed by atoms with Crippen molar-refractivity contribution in [2.75, 3.05) is 51.8 Å². The fourth-order valence-corrected chi connectivity index (χ4v) is 2.45. The molecule has 0 saturated carbocycles. The van der Waals surface area contributed by atoms with Crippen molar-refractivity contribution in [3.05, 3.63) is 23.8 Å². The van der Waals surface area contributed by atoms with E-state index in [-0.39, 0.29) is 0 Å². The van der Waals surface area contributed by atoms with Crippen LogP contribution < -0.4 is 15.1 Å². The van der Waals surface area contributed by atoms with Crippen LogP contribution in [-0.2, 0) is 11.4 Å². The van der Waals surface area contributed by atoms with Gasteiger partial charge in [0.25, 0.3) is 0 Å². The first kappa shape index (κ1) is 16.1. The second kappa shape index (κ2) is 8.22. The maximum Gasteiger partial charge on any atom is 0.142 e. The summed E-state index contributed by atoms with van der Waals surface area (Å²) in [6.07, 6.45) is 1.02. The lowest BCUT2D eigenvalue weighted by atomic mass is 10.1. The Hall–Kier alpha value is -1.30. The quantitative estimate of drug-likeness (QED) is 0.614. The molecule has 1 fully saturated rings. The zero-order valence-corrected chi connectivity index (χ0v) is 13.4. The van der Waals surface area contributed by atoms with E-state index in [2.05, 4.69) is 41.4 Å².